The lowest BCUT2D eigenvalue weighted by molar-refractivity contribution is -0.0511. The predicted octanol–water partition coefficient (Wildman–Crippen LogP) is 0.242. The molecule has 5 N–H and O–H groups in total. The summed E-state index contributed by atoms with van der Waals surface area (Å²) in [6.45, 7) is 1.79. The van der Waals surface area contributed by atoms with Crippen LogP contribution in [0.15, 0.2) is 36.7 Å². The van der Waals surface area contributed by atoms with Gasteiger partial charge in [0.05, 0.1) is 32.2 Å². The highest BCUT2D eigenvalue weighted by Gasteiger charge is 2.44. The number of nitrogens with zero attached hydrogens (tertiary/aromatic N) is 4. The van der Waals surface area contributed by atoms with Crippen LogP contribution in [-0.4, -0.2) is 84.1 Å². The monoisotopic (exact) mass is 459 g/mol. The highest BCUT2D eigenvalue weighted by atomic mass is 16.6. The molecule has 2 aromatic heterocycles. The van der Waals surface area contributed by atoms with Crippen molar-refractivity contribution in [2.45, 2.75) is 50.3 Å². The summed E-state index contributed by atoms with van der Waals surface area (Å²) >= 11 is 0. The number of fused-ring (bicyclic) bond motifs is 1. The molecule has 11 nitrogen and oxygen atoms in total. The van der Waals surface area contributed by atoms with Gasteiger partial charge < -0.3 is 35.2 Å². The molecule has 0 saturated carbocycles. The van der Waals surface area contributed by atoms with Gasteiger partial charge in [-0.15, -0.1) is 0 Å². The van der Waals surface area contributed by atoms with Crippen molar-refractivity contribution in [3.05, 3.63) is 42.2 Å². The van der Waals surface area contributed by atoms with E-state index in [0.29, 0.717) is 30.0 Å². The standard InChI is InChI=1S/C22H29N5O6/c1-2-8-32-22-25-19(24-14(10-28)9-13-6-4-3-5-7-13)16-20(26-22)27(12-23-16)21-18(31)17(30)15(11-29)33-21/h3-7,12,14-15,17-18,21,28-31H,2,8-11H2,1H3,(H,24,25,26)/t14-,15-,17-,18-,21-/m1/s1. The van der Waals surface area contributed by atoms with Crippen molar-refractivity contribution in [3.8, 4) is 6.01 Å². The number of anilines is 1. The molecule has 1 aliphatic rings. The van der Waals surface area contributed by atoms with Crippen molar-refractivity contribution in [2.24, 2.45) is 0 Å². The zero-order valence-electron chi connectivity index (χ0n) is 18.3. The van der Waals surface area contributed by atoms with Crippen LogP contribution in [0.1, 0.15) is 25.1 Å². The molecule has 4 rings (SSSR count). The maximum Gasteiger partial charge on any atom is 0.320 e. The molecular weight excluding hydrogens is 430 g/mol. The van der Waals surface area contributed by atoms with Gasteiger partial charge in [0.1, 0.15) is 18.3 Å². The van der Waals surface area contributed by atoms with Crippen LogP contribution in [0.3, 0.4) is 0 Å². The van der Waals surface area contributed by atoms with Crippen molar-refractivity contribution in [1.29, 1.82) is 0 Å². The summed E-state index contributed by atoms with van der Waals surface area (Å²) < 4.78 is 12.8. The second kappa shape index (κ2) is 10.4. The molecule has 1 fully saturated rings. The Morgan fingerprint density at radius 3 is 2.61 bits per heavy atom. The minimum absolute atomic E-state index is 0.108. The molecule has 0 bridgehead atoms. The molecule has 11 heteroatoms. The third-order valence-corrected chi connectivity index (χ3v) is 5.51. The van der Waals surface area contributed by atoms with E-state index in [1.807, 2.05) is 37.3 Å². The largest absolute Gasteiger partial charge is 0.463 e. The van der Waals surface area contributed by atoms with Crippen molar-refractivity contribution in [2.75, 3.05) is 25.1 Å². The van der Waals surface area contributed by atoms with E-state index in [1.54, 1.807) is 0 Å². The van der Waals surface area contributed by atoms with E-state index in [-0.39, 0.29) is 18.7 Å². The molecule has 5 atom stereocenters. The van der Waals surface area contributed by atoms with Crippen molar-refractivity contribution in [3.63, 3.8) is 0 Å². The maximum atomic E-state index is 10.5. The first-order valence-corrected chi connectivity index (χ1v) is 11.0. The van der Waals surface area contributed by atoms with E-state index < -0.39 is 31.1 Å². The first-order chi connectivity index (χ1) is 16.0. The number of benzene rings is 1. The second-order valence-electron chi connectivity index (χ2n) is 7.97. The molecule has 1 aliphatic heterocycles. The number of nitrogens with one attached hydrogen (secondary N) is 1. The highest BCUT2D eigenvalue weighted by Crippen LogP contribution is 2.33. The smallest absolute Gasteiger partial charge is 0.320 e. The van der Waals surface area contributed by atoms with E-state index in [1.165, 1.54) is 10.9 Å². The van der Waals surface area contributed by atoms with Crippen LogP contribution in [0.2, 0.25) is 0 Å². The van der Waals surface area contributed by atoms with E-state index in [4.69, 9.17) is 9.47 Å². The number of hydrogen-bond donors (Lipinski definition) is 5. The molecule has 0 aliphatic carbocycles. The molecule has 3 aromatic rings. The topological polar surface area (TPSA) is 155 Å². The predicted molar refractivity (Wildman–Crippen MR) is 119 cm³/mol. The van der Waals surface area contributed by atoms with Crippen LogP contribution in [0, 0.1) is 0 Å². The molecule has 178 valence electrons. The lowest BCUT2D eigenvalue weighted by Gasteiger charge is -2.19. The molecule has 0 radical (unpaired) electrons. The summed E-state index contributed by atoms with van der Waals surface area (Å²) in [4.78, 5) is 13.3. The zero-order chi connectivity index (χ0) is 23.4. The first kappa shape index (κ1) is 23.3. The van der Waals surface area contributed by atoms with Gasteiger partial charge in [0.15, 0.2) is 23.2 Å². The van der Waals surface area contributed by atoms with Gasteiger partial charge in [0.25, 0.3) is 0 Å². The third kappa shape index (κ3) is 4.92. The summed E-state index contributed by atoms with van der Waals surface area (Å²) in [6.07, 6.45) is -1.72. The Morgan fingerprint density at radius 2 is 1.94 bits per heavy atom. The van der Waals surface area contributed by atoms with Crippen molar-refractivity contribution < 1.29 is 29.9 Å². The van der Waals surface area contributed by atoms with Crippen LogP contribution in [0.25, 0.3) is 11.2 Å². The third-order valence-electron chi connectivity index (χ3n) is 5.51. The number of aromatic nitrogens is 4. The summed E-state index contributed by atoms with van der Waals surface area (Å²) in [5.41, 5.74) is 1.77. The Labute approximate surface area is 190 Å². The van der Waals surface area contributed by atoms with Gasteiger partial charge in [0.2, 0.25) is 0 Å². The molecule has 33 heavy (non-hydrogen) atoms. The fourth-order valence-corrected chi connectivity index (χ4v) is 3.80. The fraction of sp³-hybridized carbons (Fsp3) is 0.500. The Hall–Kier alpha value is -2.83. The van der Waals surface area contributed by atoms with Gasteiger partial charge >= 0.3 is 6.01 Å². The summed E-state index contributed by atoms with van der Waals surface area (Å²) in [5, 5.41) is 43.2. The van der Waals surface area contributed by atoms with Crippen molar-refractivity contribution in [1.82, 2.24) is 19.5 Å². The Bertz CT molecular complexity index is 1050. The normalized spacial score (nSPS) is 23.7. The Kier molecular flexibility index (Phi) is 7.36. The number of hydrogen-bond acceptors (Lipinski definition) is 10. The Morgan fingerprint density at radius 1 is 1.15 bits per heavy atom. The van der Waals surface area contributed by atoms with Gasteiger partial charge in [-0.05, 0) is 18.4 Å². The first-order valence-electron chi connectivity index (χ1n) is 11.0. The number of imidazole rings is 1. The van der Waals surface area contributed by atoms with Crippen LogP contribution in [0.5, 0.6) is 6.01 Å². The molecule has 0 spiro atoms. The van der Waals surface area contributed by atoms with Gasteiger partial charge in [-0.25, -0.2) is 4.98 Å². The average Bonchev–Trinajstić information content (AvgIpc) is 3.38. The van der Waals surface area contributed by atoms with Crippen molar-refractivity contribution >= 4 is 17.0 Å². The van der Waals surface area contributed by atoms with E-state index in [2.05, 4.69) is 20.3 Å². The second-order valence-corrected chi connectivity index (χ2v) is 7.97. The van der Waals surface area contributed by atoms with E-state index in [9.17, 15) is 20.4 Å². The van der Waals surface area contributed by atoms with Crippen LogP contribution < -0.4 is 10.1 Å². The van der Waals surface area contributed by atoms with Gasteiger partial charge in [0, 0.05) is 0 Å². The van der Waals surface area contributed by atoms with Gasteiger partial charge in [-0.1, -0.05) is 37.3 Å². The van der Waals surface area contributed by atoms with Gasteiger partial charge in [-0.2, -0.15) is 9.97 Å². The fourth-order valence-electron chi connectivity index (χ4n) is 3.80. The molecule has 1 saturated heterocycles. The minimum atomic E-state index is -1.28. The number of ether oxygens (including phenoxy) is 2. The zero-order valence-corrected chi connectivity index (χ0v) is 18.3. The molecular formula is C22H29N5O6. The molecule has 1 aromatic carbocycles. The number of aliphatic hydroxyl groups excluding tert-OH is 4. The summed E-state index contributed by atoms with van der Waals surface area (Å²) in [7, 11) is 0. The van der Waals surface area contributed by atoms with Gasteiger partial charge in [-0.3, -0.25) is 4.57 Å². The van der Waals surface area contributed by atoms with Crippen LogP contribution in [-0.2, 0) is 11.2 Å². The highest BCUT2D eigenvalue weighted by molar-refractivity contribution is 5.83. The summed E-state index contributed by atoms with van der Waals surface area (Å²) in [6, 6.07) is 9.52. The van der Waals surface area contributed by atoms with Crippen LogP contribution in [0.4, 0.5) is 5.82 Å². The number of rotatable bonds is 10. The molecule has 0 unspecified atom stereocenters. The maximum absolute atomic E-state index is 10.5. The Balaban J connectivity index is 1.68. The molecule has 3 heterocycles. The van der Waals surface area contributed by atoms with E-state index >= 15 is 0 Å². The SMILES string of the molecule is CCCOc1nc(N[C@@H](CO)Cc2ccccc2)c2ncn([C@@H]3O[C@H](CO)[C@@H](O)[C@H]3O)c2n1. The quantitative estimate of drug-likeness (QED) is 0.285. The van der Waals surface area contributed by atoms with E-state index in [0.717, 1.165) is 12.0 Å². The lowest BCUT2D eigenvalue weighted by Crippen LogP contribution is -2.33. The van der Waals surface area contributed by atoms with Crippen LogP contribution >= 0.6 is 0 Å². The lowest BCUT2D eigenvalue weighted by atomic mass is 10.1. The summed E-state index contributed by atoms with van der Waals surface area (Å²) in [5.74, 6) is 0.367. The minimum Gasteiger partial charge on any atom is -0.463 e. The molecule has 0 amide bonds. The number of aliphatic hydroxyl groups is 4. The average molecular weight is 460 g/mol.